The molecule has 0 bridgehead atoms. The third-order valence-electron chi connectivity index (χ3n) is 6.54. The monoisotopic (exact) mass is 623 g/mol. The number of ether oxygens (including phenoxy) is 3. The van der Waals surface area contributed by atoms with E-state index in [4.69, 9.17) is 14.2 Å². The van der Waals surface area contributed by atoms with Crippen LogP contribution in [0.5, 0.6) is 17.2 Å². The molecule has 4 aromatic heterocycles. The van der Waals surface area contributed by atoms with Crippen LogP contribution in [0.3, 0.4) is 0 Å². The number of aryl methyl sites for hydroxylation is 1. The predicted octanol–water partition coefficient (Wildman–Crippen LogP) is 5.26. The molecule has 0 aliphatic rings. The van der Waals surface area contributed by atoms with Crippen LogP contribution >= 0.6 is 0 Å². The highest BCUT2D eigenvalue weighted by Gasteiger charge is 2.32. The average molecular weight is 624 g/mol. The first-order valence-electron chi connectivity index (χ1n) is 13.5. The molecule has 2 N–H and O–H groups in total. The normalized spacial score (nSPS) is 11.4. The first kappa shape index (κ1) is 31.0. The van der Waals surface area contributed by atoms with Gasteiger partial charge in [-0.3, -0.25) is 9.59 Å². The molecule has 0 aliphatic heterocycles. The van der Waals surface area contributed by atoms with Gasteiger partial charge in [0.2, 0.25) is 11.9 Å². The summed E-state index contributed by atoms with van der Waals surface area (Å²) >= 11 is 0. The molecule has 234 valence electrons. The zero-order valence-corrected chi connectivity index (χ0v) is 24.4. The van der Waals surface area contributed by atoms with Crippen molar-refractivity contribution >= 4 is 34.5 Å². The number of nitrogens with zero attached hydrogens (tertiary/aromatic N) is 5. The van der Waals surface area contributed by atoms with Gasteiger partial charge in [0.15, 0.2) is 17.1 Å². The number of carbonyl (C=O) groups excluding carboxylic acids is 1. The van der Waals surface area contributed by atoms with E-state index in [1.165, 1.54) is 37.1 Å². The van der Waals surface area contributed by atoms with Gasteiger partial charge >= 0.3 is 6.18 Å². The van der Waals surface area contributed by atoms with Gasteiger partial charge in [-0.05, 0) is 17.7 Å². The van der Waals surface area contributed by atoms with Crippen molar-refractivity contribution < 1.29 is 32.2 Å². The summed E-state index contributed by atoms with van der Waals surface area (Å²) in [7, 11) is 2.99. The number of methoxy groups -OCH3 is 1. The molecule has 15 heteroatoms. The summed E-state index contributed by atoms with van der Waals surface area (Å²) in [6.07, 6.45) is -1.14. The number of hydrogen-bond donors (Lipinski definition) is 2. The van der Waals surface area contributed by atoms with Crippen molar-refractivity contribution in [3.8, 4) is 17.2 Å². The molecule has 0 spiro atoms. The second-order valence-electron chi connectivity index (χ2n) is 9.78. The number of halogens is 3. The van der Waals surface area contributed by atoms with E-state index in [1.807, 2.05) is 30.3 Å². The Kier molecular flexibility index (Phi) is 8.99. The Bertz CT molecular complexity index is 1890. The van der Waals surface area contributed by atoms with Crippen molar-refractivity contribution in [2.75, 3.05) is 24.4 Å². The lowest BCUT2D eigenvalue weighted by molar-refractivity contribution is -0.138. The molecule has 0 radical (unpaired) electrons. The van der Waals surface area contributed by atoms with Crippen molar-refractivity contribution in [2.24, 2.45) is 7.05 Å². The maximum Gasteiger partial charge on any atom is 0.417 e. The predicted molar refractivity (Wildman–Crippen MR) is 159 cm³/mol. The number of pyridine rings is 3. The summed E-state index contributed by atoms with van der Waals surface area (Å²) in [5.74, 6) is 0.738. The van der Waals surface area contributed by atoms with E-state index in [1.54, 1.807) is 13.1 Å². The van der Waals surface area contributed by atoms with Crippen molar-refractivity contribution in [2.45, 2.75) is 26.3 Å². The Hall–Kier alpha value is -5.44. The molecule has 0 atom stereocenters. The first-order valence-corrected chi connectivity index (χ1v) is 13.5. The van der Waals surface area contributed by atoms with Crippen LogP contribution in [0.15, 0.2) is 71.9 Å². The maximum absolute atomic E-state index is 13.8. The molecule has 1 amide bonds. The number of nitrogens with one attached hydrogen (secondary N) is 2. The highest BCUT2D eigenvalue weighted by atomic mass is 19.4. The number of imidazole rings is 1. The molecule has 12 nitrogen and oxygen atoms in total. The third kappa shape index (κ3) is 7.21. The van der Waals surface area contributed by atoms with Crippen molar-refractivity contribution in [1.82, 2.24) is 24.1 Å². The molecule has 4 heterocycles. The number of hydrogen-bond acceptors (Lipinski definition) is 9. The molecular formula is C30H28F3N7O5. The lowest BCUT2D eigenvalue weighted by Crippen LogP contribution is -2.26. The first-order chi connectivity index (χ1) is 21.5. The zero-order valence-electron chi connectivity index (χ0n) is 24.4. The van der Waals surface area contributed by atoms with E-state index in [9.17, 15) is 22.8 Å². The second kappa shape index (κ2) is 13.1. The van der Waals surface area contributed by atoms with Gasteiger partial charge in [0.25, 0.3) is 5.56 Å². The van der Waals surface area contributed by atoms with E-state index >= 15 is 0 Å². The molecule has 0 fully saturated rings. The molecule has 45 heavy (non-hydrogen) atoms. The Morgan fingerprint density at radius 3 is 2.58 bits per heavy atom. The standard InChI is InChI=1S/C30H28F3N7O5/c1-18(41)36-24-14-21(9-10-34-24)45-23-15-35-27-25(26(23)43-3)39(2)29(38-27)37-22-13-20(30(31,32)33)16-40(28(22)42)11-12-44-17-19-7-5-4-6-8-19/h4-10,13-16H,11-12,17H2,1-3H3,(H,34,36,41)(H,35,37,38). The molecule has 0 aliphatic carbocycles. The highest BCUT2D eigenvalue weighted by molar-refractivity contribution is 5.88. The molecule has 1 aromatic carbocycles. The quantitative estimate of drug-likeness (QED) is 0.189. The summed E-state index contributed by atoms with van der Waals surface area (Å²) < 4.78 is 61.0. The van der Waals surface area contributed by atoms with E-state index in [0.717, 1.165) is 22.4 Å². The molecule has 5 aromatic rings. The van der Waals surface area contributed by atoms with Gasteiger partial charge in [0.1, 0.15) is 22.8 Å². The van der Waals surface area contributed by atoms with Gasteiger partial charge in [-0.15, -0.1) is 0 Å². The average Bonchev–Trinajstić information content (AvgIpc) is 3.31. The second-order valence-corrected chi connectivity index (χ2v) is 9.78. The number of anilines is 3. The van der Waals surface area contributed by atoms with Crippen LogP contribution < -0.4 is 25.7 Å². The fourth-order valence-corrected chi connectivity index (χ4v) is 4.45. The summed E-state index contributed by atoms with van der Waals surface area (Å²) in [5.41, 5.74) is -0.645. The Labute approximate surface area is 254 Å². The SMILES string of the molecule is COc1c(Oc2ccnc(NC(C)=O)c2)cnc2nc(Nc3cc(C(F)(F)F)cn(CCOCc4ccccc4)c3=O)n(C)c12. The molecular weight excluding hydrogens is 595 g/mol. The number of fused-ring (bicyclic) bond motifs is 1. The highest BCUT2D eigenvalue weighted by Crippen LogP contribution is 2.38. The minimum Gasteiger partial charge on any atom is -0.491 e. The van der Waals surface area contributed by atoms with E-state index in [2.05, 4.69) is 25.6 Å². The fourth-order valence-electron chi connectivity index (χ4n) is 4.45. The number of amides is 1. The summed E-state index contributed by atoms with van der Waals surface area (Å²) in [6, 6.07) is 13.1. The fraction of sp³-hybridized carbons (Fsp3) is 0.233. The smallest absolute Gasteiger partial charge is 0.417 e. The van der Waals surface area contributed by atoms with Gasteiger partial charge in [-0.1, -0.05) is 30.3 Å². The van der Waals surface area contributed by atoms with Crippen LogP contribution in [-0.4, -0.2) is 43.7 Å². The lowest BCUT2D eigenvalue weighted by Gasteiger charge is -2.15. The van der Waals surface area contributed by atoms with Gasteiger partial charge in [0.05, 0.1) is 32.1 Å². The van der Waals surface area contributed by atoms with Crippen LogP contribution in [0.2, 0.25) is 0 Å². The van der Waals surface area contributed by atoms with Crippen LogP contribution in [0.1, 0.15) is 18.1 Å². The van der Waals surface area contributed by atoms with E-state index in [-0.39, 0.29) is 60.3 Å². The van der Waals surface area contributed by atoms with Gasteiger partial charge in [-0.2, -0.15) is 18.2 Å². The van der Waals surface area contributed by atoms with Crippen molar-refractivity contribution in [3.63, 3.8) is 0 Å². The van der Waals surface area contributed by atoms with Gasteiger partial charge < -0.3 is 34.0 Å². The number of alkyl halides is 3. The maximum atomic E-state index is 13.8. The molecule has 0 unspecified atom stereocenters. The third-order valence-corrected chi connectivity index (χ3v) is 6.54. The molecule has 5 rings (SSSR count). The Morgan fingerprint density at radius 1 is 1.09 bits per heavy atom. The van der Waals surface area contributed by atoms with Crippen LogP contribution in [0, 0.1) is 0 Å². The number of aromatic nitrogens is 5. The van der Waals surface area contributed by atoms with Gasteiger partial charge in [-0.25, -0.2) is 9.97 Å². The van der Waals surface area contributed by atoms with E-state index < -0.39 is 17.3 Å². The summed E-state index contributed by atoms with van der Waals surface area (Å²) in [5, 5.41) is 5.30. The minimum atomic E-state index is -4.72. The largest absolute Gasteiger partial charge is 0.491 e. The molecule has 0 saturated heterocycles. The minimum absolute atomic E-state index is 0.00945. The van der Waals surface area contributed by atoms with Crippen LogP contribution in [0.25, 0.3) is 11.2 Å². The summed E-state index contributed by atoms with van der Waals surface area (Å²) in [4.78, 5) is 37.4. The topological polar surface area (TPSA) is 134 Å². The lowest BCUT2D eigenvalue weighted by atomic mass is 10.2. The van der Waals surface area contributed by atoms with Crippen molar-refractivity contribution in [1.29, 1.82) is 0 Å². The Balaban J connectivity index is 1.43. The zero-order chi connectivity index (χ0) is 32.1. The van der Waals surface area contributed by atoms with E-state index in [0.29, 0.717) is 11.3 Å². The molecule has 0 saturated carbocycles. The Morgan fingerprint density at radius 2 is 1.87 bits per heavy atom. The van der Waals surface area contributed by atoms with Crippen molar-refractivity contribution in [3.05, 3.63) is 88.6 Å². The number of carbonyl (C=O) groups is 1. The summed E-state index contributed by atoms with van der Waals surface area (Å²) in [6.45, 7) is 1.50. The number of rotatable bonds is 11. The van der Waals surface area contributed by atoms with Crippen LogP contribution in [0.4, 0.5) is 30.6 Å². The van der Waals surface area contributed by atoms with Gasteiger partial charge in [0, 0.05) is 39.0 Å². The number of benzene rings is 1. The van der Waals surface area contributed by atoms with Crippen LogP contribution in [-0.2, 0) is 35.9 Å².